The number of carbonyl (C=O) groups excluding carboxylic acids is 1. The Morgan fingerprint density at radius 1 is 1.26 bits per heavy atom. The second kappa shape index (κ2) is 9.79. The maximum absolute atomic E-state index is 15.2. The highest BCUT2D eigenvalue weighted by Gasteiger charge is 2.46. The molecule has 1 aromatic heterocycles. The maximum Gasteiger partial charge on any atom is 0.258 e. The number of hydrogen-bond acceptors (Lipinski definition) is 6. The van der Waals surface area contributed by atoms with E-state index in [1.54, 1.807) is 31.1 Å². The number of pyridine rings is 1. The molecule has 178 valence electrons. The molecule has 0 spiro atoms. The summed E-state index contributed by atoms with van der Waals surface area (Å²) in [5.41, 5.74) is 6.48. The molecule has 6 nitrogen and oxygen atoms in total. The fourth-order valence-corrected chi connectivity index (χ4v) is 4.61. The van der Waals surface area contributed by atoms with Gasteiger partial charge < -0.3 is 15.7 Å². The number of rotatable bonds is 7. The van der Waals surface area contributed by atoms with Gasteiger partial charge in [0, 0.05) is 36.3 Å². The molecule has 1 aliphatic rings. The van der Waals surface area contributed by atoms with Gasteiger partial charge in [0.25, 0.3) is 5.91 Å². The zero-order valence-electron chi connectivity index (χ0n) is 19.3. The van der Waals surface area contributed by atoms with Crippen LogP contribution in [0.25, 0.3) is 11.1 Å². The van der Waals surface area contributed by atoms with Crippen molar-refractivity contribution >= 4 is 37.4 Å². The lowest BCUT2D eigenvalue weighted by atomic mass is 9.87. The minimum atomic E-state index is -2.29. The number of thioether (sulfide) groups is 1. The lowest BCUT2D eigenvalue weighted by Crippen LogP contribution is -2.44. The summed E-state index contributed by atoms with van der Waals surface area (Å²) in [6.45, 7) is -0.584. The summed E-state index contributed by atoms with van der Waals surface area (Å²) in [5, 5.41) is 10.7. The Balaban J connectivity index is 1.72. The molecule has 1 amide bonds. The number of carbonyl (C=O) groups is 1. The Morgan fingerprint density at radius 2 is 1.97 bits per heavy atom. The maximum atomic E-state index is 15.2. The van der Waals surface area contributed by atoms with Crippen LogP contribution in [-0.4, -0.2) is 54.0 Å². The first-order valence-corrected chi connectivity index (χ1v) is 12.2. The molecule has 0 aliphatic carbocycles. The van der Waals surface area contributed by atoms with Crippen LogP contribution in [0.5, 0.6) is 0 Å². The highest BCUT2D eigenvalue weighted by molar-refractivity contribution is 7.98. The number of aryl methyl sites for hydroxylation is 1. The third-order valence-corrected chi connectivity index (χ3v) is 6.64. The van der Waals surface area contributed by atoms with Crippen molar-refractivity contribution in [3.8, 4) is 11.1 Å². The van der Waals surface area contributed by atoms with Crippen LogP contribution in [-0.2, 0) is 18.6 Å². The number of hydrogen-bond donors (Lipinski definition) is 2. The highest BCUT2D eigenvalue weighted by Crippen LogP contribution is 2.36. The monoisotopic (exact) mass is 492 g/mol. The predicted molar refractivity (Wildman–Crippen MR) is 136 cm³/mol. The minimum absolute atomic E-state index is 0.0667. The van der Waals surface area contributed by atoms with Crippen molar-refractivity contribution in [2.45, 2.75) is 18.6 Å². The molecule has 3 aromatic rings. The quantitative estimate of drug-likeness (QED) is 0.299. The van der Waals surface area contributed by atoms with Crippen LogP contribution < -0.4 is 5.73 Å². The number of amides is 1. The van der Waals surface area contributed by atoms with E-state index >= 15 is 8.78 Å². The van der Waals surface area contributed by atoms with Crippen LogP contribution in [0.15, 0.2) is 47.6 Å². The summed E-state index contributed by atoms with van der Waals surface area (Å²) in [4.78, 5) is 21.6. The van der Waals surface area contributed by atoms with Crippen molar-refractivity contribution in [1.82, 2.24) is 9.88 Å². The molecule has 2 heterocycles. The van der Waals surface area contributed by atoms with Gasteiger partial charge in [-0.3, -0.25) is 14.8 Å². The Bertz CT molecular complexity index is 1310. The number of fused-ring (bicyclic) bond motifs is 1. The van der Waals surface area contributed by atoms with Crippen molar-refractivity contribution in [3.05, 3.63) is 82.2 Å². The summed E-state index contributed by atoms with van der Waals surface area (Å²) in [6, 6.07) is 8.91. The molecule has 2 radical (unpaired) electrons. The molecule has 1 aliphatic heterocycles. The third kappa shape index (κ3) is 4.43. The molecule has 2 aromatic carbocycles. The Morgan fingerprint density at radius 3 is 2.60 bits per heavy atom. The van der Waals surface area contributed by atoms with Crippen LogP contribution in [0.4, 0.5) is 14.5 Å². The first-order valence-electron chi connectivity index (χ1n) is 10.8. The van der Waals surface area contributed by atoms with Gasteiger partial charge in [0.2, 0.25) is 0 Å². The average Bonchev–Trinajstić information content (AvgIpc) is 3.02. The van der Waals surface area contributed by atoms with E-state index in [1.165, 1.54) is 30.5 Å². The van der Waals surface area contributed by atoms with E-state index in [0.29, 0.717) is 16.8 Å². The lowest BCUT2D eigenvalue weighted by molar-refractivity contribution is -0.0231. The van der Waals surface area contributed by atoms with Crippen LogP contribution in [0.1, 0.15) is 32.7 Å². The Hall–Kier alpha value is -3.24. The molecule has 0 fully saturated rings. The number of nitrogens with two attached hydrogens (primary N) is 1. The molecule has 0 saturated carbocycles. The second-order valence-electron chi connectivity index (χ2n) is 8.17. The molecular formula is C25H23BF2N4O2S. The summed E-state index contributed by atoms with van der Waals surface area (Å²) >= 11 is 1.69. The molecule has 1 atom stereocenters. The minimum Gasteiger partial charge on any atom is -0.398 e. The molecule has 10 heteroatoms. The average molecular weight is 492 g/mol. The normalized spacial score (nSPS) is 17.4. The fraction of sp³-hybridized carbons (Fsp3) is 0.240. The smallest absolute Gasteiger partial charge is 0.258 e. The number of nitrogens with zero attached hydrogens (tertiary/aromatic N) is 3. The van der Waals surface area contributed by atoms with Gasteiger partial charge in [0.15, 0.2) is 7.85 Å². The van der Waals surface area contributed by atoms with Crippen molar-refractivity contribution in [3.63, 3.8) is 0 Å². The van der Waals surface area contributed by atoms with Gasteiger partial charge in [0.1, 0.15) is 17.3 Å². The summed E-state index contributed by atoms with van der Waals surface area (Å²) in [7, 11) is 7.53. The largest absolute Gasteiger partial charge is 0.398 e. The van der Waals surface area contributed by atoms with Gasteiger partial charge in [-0.25, -0.2) is 8.78 Å². The molecular weight excluding hydrogens is 469 g/mol. The van der Waals surface area contributed by atoms with Gasteiger partial charge in [0.05, 0.1) is 17.8 Å². The summed E-state index contributed by atoms with van der Waals surface area (Å²) < 4.78 is 30.5. The van der Waals surface area contributed by atoms with Crippen LogP contribution in [0.2, 0.25) is 0 Å². The van der Waals surface area contributed by atoms with E-state index in [0.717, 1.165) is 22.6 Å². The van der Waals surface area contributed by atoms with Crippen molar-refractivity contribution in [2.75, 3.05) is 24.8 Å². The summed E-state index contributed by atoms with van der Waals surface area (Å²) in [5.74, 6) is -1.57. The lowest BCUT2D eigenvalue weighted by Gasteiger charge is -2.31. The van der Waals surface area contributed by atoms with E-state index < -0.39 is 35.3 Å². The van der Waals surface area contributed by atoms with Gasteiger partial charge >= 0.3 is 0 Å². The van der Waals surface area contributed by atoms with Gasteiger partial charge in [-0.15, -0.1) is 0 Å². The highest BCUT2D eigenvalue weighted by atomic mass is 32.2. The number of aliphatic hydroxyl groups is 1. The van der Waals surface area contributed by atoms with E-state index in [9.17, 15) is 9.90 Å². The third-order valence-electron chi connectivity index (χ3n) is 6.02. The van der Waals surface area contributed by atoms with E-state index in [4.69, 9.17) is 13.6 Å². The molecule has 4 rings (SSSR count). The van der Waals surface area contributed by atoms with Crippen molar-refractivity contribution in [2.24, 2.45) is 4.99 Å². The fourth-order valence-electron chi connectivity index (χ4n) is 4.19. The van der Waals surface area contributed by atoms with Crippen molar-refractivity contribution in [1.29, 1.82) is 0 Å². The van der Waals surface area contributed by atoms with E-state index in [1.807, 2.05) is 12.3 Å². The number of halogens is 2. The zero-order valence-corrected chi connectivity index (χ0v) is 20.1. The first-order chi connectivity index (χ1) is 16.7. The zero-order chi connectivity index (χ0) is 25.3. The first kappa shape index (κ1) is 24.9. The van der Waals surface area contributed by atoms with Crippen LogP contribution in [0, 0.1) is 11.6 Å². The second-order valence-corrected chi connectivity index (χ2v) is 9.15. The van der Waals surface area contributed by atoms with Crippen molar-refractivity contribution < 1.29 is 18.7 Å². The van der Waals surface area contributed by atoms with Gasteiger partial charge in [-0.1, -0.05) is 12.1 Å². The molecule has 1 unspecified atom stereocenters. The molecule has 0 bridgehead atoms. The number of nitrogen functional groups attached to an aromatic ring is 1. The summed E-state index contributed by atoms with van der Waals surface area (Å²) in [6.07, 6.45) is 5.70. The number of aliphatic imine (C=N–C) groups is 1. The topological polar surface area (TPSA) is 91.8 Å². The van der Waals surface area contributed by atoms with Crippen LogP contribution in [0.3, 0.4) is 0 Å². The van der Waals surface area contributed by atoms with Gasteiger partial charge in [-0.2, -0.15) is 11.8 Å². The molecule has 0 saturated heterocycles. The standard InChI is InChI=1S/C25H23BF2N4O2S/c1-30-12-18-16(6-5-14(22(18)29)7-9-35-2)15-10-20(27)19(21(28)11-15)13-32-24(33)17-4-3-8-31-23(17)25(32,26)34/h3-6,8,10-12,34H,7,9,13,29H2,1-2H3. The van der Waals surface area contributed by atoms with Crippen LogP contribution >= 0.6 is 11.8 Å². The Kier molecular flexibility index (Phi) is 6.96. The predicted octanol–water partition coefficient (Wildman–Crippen LogP) is 3.49. The Labute approximate surface area is 207 Å². The van der Waals surface area contributed by atoms with Gasteiger partial charge in [-0.05, 0) is 59.4 Å². The number of aromatic nitrogens is 1. The number of benzene rings is 2. The number of anilines is 1. The molecule has 3 N–H and O–H groups in total. The van der Waals surface area contributed by atoms with E-state index in [-0.39, 0.29) is 16.8 Å². The molecule has 35 heavy (non-hydrogen) atoms. The van der Waals surface area contributed by atoms with E-state index in [2.05, 4.69) is 9.98 Å². The SMILES string of the molecule is [B]C1(O)c2ncccc2C(=O)N1Cc1c(F)cc(-c2ccc(CCSC)c(N)c2C=NC)cc1F.